The Morgan fingerprint density at radius 1 is 0.958 bits per heavy atom. The second kappa shape index (κ2) is 7.18. The Morgan fingerprint density at radius 3 is 2.54 bits per heavy atom. The SMILES string of the molecule is c1ccc(CCCN2CCC(c3[nH]nc4ccccc34)CC2)cc1. The molecule has 0 radical (unpaired) electrons. The van der Waals surface area contributed by atoms with E-state index in [0.29, 0.717) is 5.92 Å². The standard InChI is InChI=1S/C21H25N3/c1-2-7-17(8-3-1)9-6-14-24-15-12-18(13-16-24)21-19-10-4-5-11-20(19)22-23-21/h1-5,7-8,10-11,18H,6,9,12-16H2,(H,22,23). The molecule has 3 nitrogen and oxygen atoms in total. The van der Waals surface area contributed by atoms with Crippen LogP contribution in [0.2, 0.25) is 0 Å². The highest BCUT2D eigenvalue weighted by atomic mass is 15.1. The van der Waals surface area contributed by atoms with Crippen LogP contribution in [0.4, 0.5) is 0 Å². The van der Waals surface area contributed by atoms with Crippen LogP contribution >= 0.6 is 0 Å². The number of hydrogen-bond acceptors (Lipinski definition) is 2. The van der Waals surface area contributed by atoms with Gasteiger partial charge in [0.2, 0.25) is 0 Å². The molecule has 2 heterocycles. The number of nitrogens with one attached hydrogen (secondary N) is 1. The molecule has 1 saturated heterocycles. The molecule has 24 heavy (non-hydrogen) atoms. The molecule has 1 aliphatic rings. The first-order chi connectivity index (χ1) is 11.9. The van der Waals surface area contributed by atoms with E-state index < -0.39 is 0 Å². The fourth-order valence-electron chi connectivity index (χ4n) is 3.89. The van der Waals surface area contributed by atoms with E-state index in [0.717, 1.165) is 5.52 Å². The minimum absolute atomic E-state index is 0.628. The second-order valence-corrected chi connectivity index (χ2v) is 6.86. The van der Waals surface area contributed by atoms with E-state index in [1.54, 1.807) is 0 Å². The Bertz CT molecular complexity index is 770. The number of hydrogen-bond donors (Lipinski definition) is 1. The van der Waals surface area contributed by atoms with Crippen LogP contribution in [0.3, 0.4) is 0 Å². The average Bonchev–Trinajstić information content (AvgIpc) is 3.07. The van der Waals surface area contributed by atoms with Gasteiger partial charge in [-0.25, -0.2) is 0 Å². The molecule has 0 saturated carbocycles. The summed E-state index contributed by atoms with van der Waals surface area (Å²) in [5.74, 6) is 0.628. The van der Waals surface area contributed by atoms with Crippen molar-refractivity contribution in [3.63, 3.8) is 0 Å². The van der Waals surface area contributed by atoms with Crippen molar-refractivity contribution in [2.45, 2.75) is 31.6 Å². The molecule has 3 aromatic rings. The molecule has 0 atom stereocenters. The lowest BCUT2D eigenvalue weighted by Gasteiger charge is -2.31. The van der Waals surface area contributed by atoms with Crippen LogP contribution in [0.25, 0.3) is 10.9 Å². The smallest absolute Gasteiger partial charge is 0.0923 e. The molecule has 4 rings (SSSR count). The number of likely N-dealkylation sites (tertiary alicyclic amines) is 1. The maximum Gasteiger partial charge on any atom is 0.0923 e. The fraction of sp³-hybridized carbons (Fsp3) is 0.381. The summed E-state index contributed by atoms with van der Waals surface area (Å²) in [6.07, 6.45) is 4.91. The van der Waals surface area contributed by atoms with Crippen molar-refractivity contribution in [3.05, 3.63) is 65.9 Å². The molecule has 1 aliphatic heterocycles. The van der Waals surface area contributed by atoms with E-state index in [9.17, 15) is 0 Å². The van der Waals surface area contributed by atoms with Crippen LogP contribution in [0.5, 0.6) is 0 Å². The number of para-hydroxylation sites is 1. The highest BCUT2D eigenvalue weighted by Crippen LogP contribution is 2.31. The normalized spacial score (nSPS) is 16.7. The first-order valence-corrected chi connectivity index (χ1v) is 9.09. The van der Waals surface area contributed by atoms with Crippen molar-refractivity contribution < 1.29 is 0 Å². The number of piperidine rings is 1. The zero-order valence-electron chi connectivity index (χ0n) is 14.1. The quantitative estimate of drug-likeness (QED) is 0.757. The van der Waals surface area contributed by atoms with Gasteiger partial charge in [0, 0.05) is 17.0 Å². The van der Waals surface area contributed by atoms with Gasteiger partial charge in [-0.15, -0.1) is 0 Å². The second-order valence-electron chi connectivity index (χ2n) is 6.86. The molecule has 1 aromatic heterocycles. The van der Waals surface area contributed by atoms with Crippen LogP contribution < -0.4 is 0 Å². The number of aryl methyl sites for hydroxylation is 1. The number of fused-ring (bicyclic) bond motifs is 1. The third-order valence-corrected chi connectivity index (χ3v) is 5.27. The highest BCUT2D eigenvalue weighted by molar-refractivity contribution is 5.81. The van der Waals surface area contributed by atoms with Gasteiger partial charge in [0.15, 0.2) is 0 Å². The Labute approximate surface area is 143 Å². The molecule has 124 valence electrons. The number of nitrogens with zero attached hydrogens (tertiary/aromatic N) is 2. The van der Waals surface area contributed by atoms with Gasteiger partial charge in [-0.1, -0.05) is 48.5 Å². The molecule has 0 aliphatic carbocycles. The van der Waals surface area contributed by atoms with Crippen LogP contribution in [-0.2, 0) is 6.42 Å². The Balaban J connectivity index is 1.29. The molecule has 0 spiro atoms. The summed E-state index contributed by atoms with van der Waals surface area (Å²) in [4.78, 5) is 2.62. The Morgan fingerprint density at radius 2 is 1.71 bits per heavy atom. The third-order valence-electron chi connectivity index (χ3n) is 5.27. The molecular formula is C21H25N3. The third kappa shape index (κ3) is 3.36. The average molecular weight is 319 g/mol. The molecule has 2 aromatic carbocycles. The lowest BCUT2D eigenvalue weighted by atomic mass is 9.91. The van der Waals surface area contributed by atoms with Crippen molar-refractivity contribution in [2.75, 3.05) is 19.6 Å². The first-order valence-electron chi connectivity index (χ1n) is 9.09. The van der Waals surface area contributed by atoms with E-state index in [2.05, 4.69) is 69.7 Å². The van der Waals surface area contributed by atoms with E-state index in [1.165, 1.54) is 62.0 Å². The van der Waals surface area contributed by atoms with Gasteiger partial charge in [0.1, 0.15) is 0 Å². The summed E-state index contributed by atoms with van der Waals surface area (Å²) >= 11 is 0. The molecule has 3 heteroatoms. The summed E-state index contributed by atoms with van der Waals surface area (Å²) < 4.78 is 0. The summed E-state index contributed by atoms with van der Waals surface area (Å²) in [5.41, 5.74) is 3.89. The zero-order chi connectivity index (χ0) is 16.2. The van der Waals surface area contributed by atoms with Gasteiger partial charge in [0.05, 0.1) is 5.52 Å². The van der Waals surface area contributed by atoms with Gasteiger partial charge in [-0.3, -0.25) is 5.10 Å². The van der Waals surface area contributed by atoms with E-state index in [-0.39, 0.29) is 0 Å². The molecule has 1 N–H and O–H groups in total. The number of aromatic nitrogens is 2. The van der Waals surface area contributed by atoms with Crippen LogP contribution in [0.15, 0.2) is 54.6 Å². The first kappa shape index (κ1) is 15.4. The molecule has 0 amide bonds. The predicted molar refractivity (Wildman–Crippen MR) is 99.3 cm³/mol. The zero-order valence-corrected chi connectivity index (χ0v) is 14.1. The maximum absolute atomic E-state index is 4.46. The van der Waals surface area contributed by atoms with Crippen LogP contribution in [0, 0.1) is 0 Å². The highest BCUT2D eigenvalue weighted by Gasteiger charge is 2.23. The summed E-state index contributed by atoms with van der Waals surface area (Å²) in [6, 6.07) is 19.3. The Kier molecular flexibility index (Phi) is 4.61. The van der Waals surface area contributed by atoms with E-state index >= 15 is 0 Å². The minimum Gasteiger partial charge on any atom is -0.303 e. The topological polar surface area (TPSA) is 31.9 Å². The number of rotatable bonds is 5. The molecule has 0 unspecified atom stereocenters. The van der Waals surface area contributed by atoms with E-state index in [4.69, 9.17) is 0 Å². The Hall–Kier alpha value is -2.13. The molecule has 1 fully saturated rings. The van der Waals surface area contributed by atoms with Crippen molar-refractivity contribution in [3.8, 4) is 0 Å². The summed E-state index contributed by atoms with van der Waals surface area (Å²) in [7, 11) is 0. The fourth-order valence-corrected chi connectivity index (χ4v) is 3.89. The summed E-state index contributed by atoms with van der Waals surface area (Å²) in [6.45, 7) is 3.62. The van der Waals surface area contributed by atoms with Crippen molar-refractivity contribution >= 4 is 10.9 Å². The lowest BCUT2D eigenvalue weighted by Crippen LogP contribution is -2.34. The molecular weight excluding hydrogens is 294 g/mol. The van der Waals surface area contributed by atoms with Crippen LogP contribution in [0.1, 0.15) is 36.4 Å². The maximum atomic E-state index is 4.46. The largest absolute Gasteiger partial charge is 0.303 e. The number of H-pyrrole nitrogens is 1. The van der Waals surface area contributed by atoms with Gasteiger partial charge in [-0.05, 0) is 56.9 Å². The molecule has 0 bridgehead atoms. The van der Waals surface area contributed by atoms with Gasteiger partial charge in [-0.2, -0.15) is 5.10 Å². The van der Waals surface area contributed by atoms with Gasteiger partial charge < -0.3 is 4.90 Å². The number of benzene rings is 2. The van der Waals surface area contributed by atoms with Gasteiger partial charge in [0.25, 0.3) is 0 Å². The minimum atomic E-state index is 0.628. The van der Waals surface area contributed by atoms with Crippen molar-refractivity contribution in [2.24, 2.45) is 0 Å². The summed E-state index contributed by atoms with van der Waals surface area (Å²) in [5, 5.41) is 9.06. The van der Waals surface area contributed by atoms with Gasteiger partial charge >= 0.3 is 0 Å². The number of aromatic amines is 1. The van der Waals surface area contributed by atoms with E-state index in [1.807, 2.05) is 0 Å². The predicted octanol–water partition coefficient (Wildman–Crippen LogP) is 4.38. The monoisotopic (exact) mass is 319 g/mol. The van der Waals surface area contributed by atoms with Crippen molar-refractivity contribution in [1.29, 1.82) is 0 Å². The lowest BCUT2D eigenvalue weighted by molar-refractivity contribution is 0.209. The van der Waals surface area contributed by atoms with Crippen LogP contribution in [-0.4, -0.2) is 34.7 Å². The van der Waals surface area contributed by atoms with Crippen molar-refractivity contribution in [1.82, 2.24) is 15.1 Å².